The van der Waals surface area contributed by atoms with Gasteiger partial charge in [0.15, 0.2) is 0 Å². The van der Waals surface area contributed by atoms with Crippen LogP contribution in [0.5, 0.6) is 0 Å². The monoisotopic (exact) mass is 646 g/mol. The van der Waals surface area contributed by atoms with Crippen molar-refractivity contribution in [1.82, 2.24) is 10.3 Å². The van der Waals surface area contributed by atoms with Gasteiger partial charge in [-0.15, -0.1) is 0 Å². The van der Waals surface area contributed by atoms with Gasteiger partial charge in [-0.05, 0) is 83.0 Å². The Hall–Kier alpha value is -5.87. The fraction of sp³-hybridized carbons (Fsp3) is 0.152. The minimum Gasteiger partial charge on any atom is -0.378 e. The zero-order valence-electron chi connectivity index (χ0n) is 27.9. The molecule has 0 saturated heterocycles. The second-order valence-corrected chi connectivity index (χ2v) is 13.5. The van der Waals surface area contributed by atoms with Crippen LogP contribution < -0.4 is 16.0 Å². The SMILES string of the molecule is C1=CCCC(c2cc(C3=CC4N=c5ccc(C6C=C(c7ccccc7)NC(c7ccccc7)C6)cc5=NC4C=C3)cc(-c3ccccc3)n2)=C1. The summed E-state index contributed by atoms with van der Waals surface area (Å²) < 4.78 is 0. The van der Waals surface area contributed by atoms with E-state index in [0.29, 0.717) is 0 Å². The van der Waals surface area contributed by atoms with Gasteiger partial charge in [-0.3, -0.25) is 9.98 Å². The molecule has 0 amide bonds. The van der Waals surface area contributed by atoms with Crippen LogP contribution in [0, 0.1) is 0 Å². The molecule has 4 nitrogen and oxygen atoms in total. The van der Waals surface area contributed by atoms with Crippen LogP contribution in [0.4, 0.5) is 0 Å². The molecule has 1 N–H and O–H groups in total. The molecule has 242 valence electrons. The molecule has 4 heteroatoms. The van der Waals surface area contributed by atoms with Gasteiger partial charge >= 0.3 is 0 Å². The van der Waals surface area contributed by atoms with E-state index >= 15 is 0 Å². The van der Waals surface area contributed by atoms with E-state index in [1.807, 2.05) is 0 Å². The van der Waals surface area contributed by atoms with Crippen LogP contribution in [0.3, 0.4) is 0 Å². The lowest BCUT2D eigenvalue weighted by atomic mass is 9.84. The number of pyridine rings is 1. The number of nitrogens with one attached hydrogen (secondary N) is 1. The number of fused-ring (bicyclic) bond motifs is 2. The summed E-state index contributed by atoms with van der Waals surface area (Å²) in [6.07, 6.45) is 18.7. The minimum absolute atomic E-state index is 0.0249. The molecule has 0 fully saturated rings. The quantitative estimate of drug-likeness (QED) is 0.200. The molecule has 0 bridgehead atoms. The first-order chi connectivity index (χ1) is 24.7. The van der Waals surface area contributed by atoms with E-state index in [2.05, 4.69) is 169 Å². The Morgan fingerprint density at radius 3 is 2.14 bits per heavy atom. The Labute approximate surface area is 293 Å². The standard InChI is InChI=1S/C46H38N4/c1-5-13-31(14-6-1)41-27-37(28-42(49-41)32-15-7-2-8-16-32)35-21-23-39-45(25-35)47-40-24-22-36(26-46(40)48-39)38-29-43(33-17-9-3-10-18-33)50-44(30-38)34-19-11-4-12-20-34/h1-11,13-19,21-27,29-30,37,40,42,46,49H,12,20,28H2. The molecular weight excluding hydrogens is 609 g/mol. The van der Waals surface area contributed by atoms with Crippen molar-refractivity contribution in [3.8, 4) is 11.3 Å². The Morgan fingerprint density at radius 2 is 1.36 bits per heavy atom. The summed E-state index contributed by atoms with van der Waals surface area (Å²) in [7, 11) is 0. The smallest absolute Gasteiger partial charge is 0.0956 e. The van der Waals surface area contributed by atoms with Crippen molar-refractivity contribution >= 4 is 16.8 Å². The first-order valence-corrected chi connectivity index (χ1v) is 17.7. The van der Waals surface area contributed by atoms with Crippen LogP contribution in [0.2, 0.25) is 0 Å². The Morgan fingerprint density at radius 1 is 0.620 bits per heavy atom. The first-order valence-electron chi connectivity index (χ1n) is 17.7. The summed E-state index contributed by atoms with van der Waals surface area (Å²) >= 11 is 0. The summed E-state index contributed by atoms with van der Waals surface area (Å²) in [5.74, 6) is 0.248. The molecule has 4 unspecified atom stereocenters. The summed E-state index contributed by atoms with van der Waals surface area (Å²) in [4.78, 5) is 15.7. The molecule has 4 atom stereocenters. The van der Waals surface area contributed by atoms with Crippen molar-refractivity contribution in [3.63, 3.8) is 0 Å². The predicted molar refractivity (Wildman–Crippen MR) is 204 cm³/mol. The third-order valence-corrected chi connectivity index (χ3v) is 10.2. The average Bonchev–Trinajstić information content (AvgIpc) is 3.20. The molecule has 1 aromatic heterocycles. The van der Waals surface area contributed by atoms with Gasteiger partial charge in [0.25, 0.3) is 0 Å². The van der Waals surface area contributed by atoms with Crippen molar-refractivity contribution in [2.75, 3.05) is 0 Å². The Balaban J connectivity index is 1.05. The van der Waals surface area contributed by atoms with E-state index in [1.54, 1.807) is 0 Å². The van der Waals surface area contributed by atoms with Gasteiger partial charge in [-0.25, -0.2) is 4.98 Å². The highest BCUT2D eigenvalue weighted by Gasteiger charge is 2.27. The lowest BCUT2D eigenvalue weighted by Crippen LogP contribution is -2.39. The lowest BCUT2D eigenvalue weighted by molar-refractivity contribution is 0.525. The van der Waals surface area contributed by atoms with E-state index in [0.717, 1.165) is 52.5 Å². The molecular formula is C46H38N4. The maximum absolute atomic E-state index is 5.27. The van der Waals surface area contributed by atoms with E-state index in [9.17, 15) is 0 Å². The largest absolute Gasteiger partial charge is 0.378 e. The van der Waals surface area contributed by atoms with Gasteiger partial charge in [0, 0.05) is 17.2 Å². The van der Waals surface area contributed by atoms with Crippen molar-refractivity contribution in [2.24, 2.45) is 9.98 Å². The highest BCUT2D eigenvalue weighted by Crippen LogP contribution is 2.37. The Kier molecular flexibility index (Phi) is 7.98. The van der Waals surface area contributed by atoms with Gasteiger partial charge in [-0.1, -0.05) is 134 Å². The van der Waals surface area contributed by atoms with Gasteiger partial charge in [0.1, 0.15) is 0 Å². The number of nitrogens with zero attached hydrogens (tertiary/aromatic N) is 3. The van der Waals surface area contributed by atoms with Gasteiger partial charge in [-0.2, -0.15) is 0 Å². The van der Waals surface area contributed by atoms with Crippen LogP contribution in [0.15, 0.2) is 174 Å². The fourth-order valence-corrected chi connectivity index (χ4v) is 7.57. The molecule has 0 radical (unpaired) electrons. The van der Waals surface area contributed by atoms with Crippen LogP contribution in [-0.4, -0.2) is 17.1 Å². The summed E-state index contributed by atoms with van der Waals surface area (Å²) in [6, 6.07) is 43.2. The number of allylic oxidation sites excluding steroid dienone is 7. The number of hydrogen-bond donors (Lipinski definition) is 1. The highest BCUT2D eigenvalue weighted by atomic mass is 14.9. The molecule has 2 aliphatic carbocycles. The second kappa shape index (κ2) is 13.2. The van der Waals surface area contributed by atoms with Crippen LogP contribution in [0.25, 0.3) is 28.1 Å². The Bertz CT molecular complexity index is 2330. The predicted octanol–water partition coefficient (Wildman–Crippen LogP) is 8.98. The van der Waals surface area contributed by atoms with Gasteiger partial charge < -0.3 is 5.32 Å². The zero-order chi connectivity index (χ0) is 33.3. The summed E-state index contributed by atoms with van der Waals surface area (Å²) in [6.45, 7) is 0. The second-order valence-electron chi connectivity index (χ2n) is 13.5. The molecule has 9 rings (SSSR count). The molecule has 5 aromatic rings. The third kappa shape index (κ3) is 6.10. The topological polar surface area (TPSA) is 49.6 Å². The van der Waals surface area contributed by atoms with Crippen LogP contribution in [-0.2, 0) is 0 Å². The van der Waals surface area contributed by atoms with Crippen molar-refractivity contribution in [2.45, 2.75) is 43.3 Å². The molecule has 50 heavy (non-hydrogen) atoms. The van der Waals surface area contributed by atoms with Crippen LogP contribution >= 0.6 is 0 Å². The molecule has 0 spiro atoms. The van der Waals surface area contributed by atoms with Crippen molar-refractivity contribution < 1.29 is 0 Å². The molecule has 0 saturated carbocycles. The first kappa shape index (κ1) is 30.2. The summed E-state index contributed by atoms with van der Waals surface area (Å²) in [5.41, 5.74) is 11.7. The number of hydrogen-bond acceptors (Lipinski definition) is 4. The minimum atomic E-state index is -0.0482. The lowest BCUT2D eigenvalue weighted by Gasteiger charge is -2.32. The van der Waals surface area contributed by atoms with E-state index < -0.39 is 0 Å². The van der Waals surface area contributed by atoms with Crippen molar-refractivity contribution in [3.05, 3.63) is 203 Å². The third-order valence-electron chi connectivity index (χ3n) is 10.2. The molecule has 4 aliphatic rings. The summed E-state index contributed by atoms with van der Waals surface area (Å²) in [5, 5.41) is 5.77. The highest BCUT2D eigenvalue weighted by molar-refractivity contribution is 5.81. The van der Waals surface area contributed by atoms with Gasteiger partial charge in [0.05, 0.1) is 40.2 Å². The van der Waals surface area contributed by atoms with E-state index in [4.69, 9.17) is 15.0 Å². The molecule has 2 aliphatic heterocycles. The molecule has 4 aromatic carbocycles. The average molecular weight is 647 g/mol. The fourth-order valence-electron chi connectivity index (χ4n) is 7.57. The normalized spacial score (nSPS) is 22.0. The van der Waals surface area contributed by atoms with E-state index in [-0.39, 0.29) is 24.0 Å². The van der Waals surface area contributed by atoms with E-state index in [1.165, 1.54) is 33.5 Å². The zero-order valence-corrected chi connectivity index (χ0v) is 27.9. The maximum Gasteiger partial charge on any atom is 0.0956 e. The number of benzene rings is 4. The maximum atomic E-state index is 5.27. The van der Waals surface area contributed by atoms with Crippen LogP contribution in [0.1, 0.15) is 59.2 Å². The molecule has 3 heterocycles. The van der Waals surface area contributed by atoms with Gasteiger partial charge in [0.2, 0.25) is 0 Å². The number of rotatable bonds is 6. The van der Waals surface area contributed by atoms with Crippen molar-refractivity contribution in [1.29, 1.82) is 0 Å². The number of aromatic nitrogens is 1.